The van der Waals surface area contributed by atoms with E-state index >= 15 is 0 Å². The first-order chi connectivity index (χ1) is 8.30. The van der Waals surface area contributed by atoms with Crippen LogP contribution < -0.4 is 0 Å². The van der Waals surface area contributed by atoms with Crippen LogP contribution in [0.15, 0.2) is 0 Å². The average Bonchev–Trinajstić information content (AvgIpc) is 2.74. The molecular formula is C14H25NO3. The van der Waals surface area contributed by atoms with Gasteiger partial charge in [-0.3, -0.25) is 4.79 Å². The molecule has 0 aromatic heterocycles. The van der Waals surface area contributed by atoms with Crippen molar-refractivity contribution in [1.29, 1.82) is 0 Å². The lowest BCUT2D eigenvalue weighted by atomic mass is 9.77. The van der Waals surface area contributed by atoms with Crippen LogP contribution in [0.2, 0.25) is 0 Å². The minimum Gasteiger partial charge on any atom is -0.480 e. The molecule has 0 radical (unpaired) electrons. The Labute approximate surface area is 109 Å². The number of carboxylic acid groups (broad SMARTS) is 1. The Hall–Kier alpha value is -1.06. The van der Waals surface area contributed by atoms with E-state index in [-0.39, 0.29) is 11.3 Å². The second kappa shape index (κ2) is 5.72. The van der Waals surface area contributed by atoms with Crippen molar-refractivity contribution in [2.75, 3.05) is 7.05 Å². The van der Waals surface area contributed by atoms with E-state index in [0.29, 0.717) is 5.92 Å². The van der Waals surface area contributed by atoms with E-state index in [1.807, 2.05) is 0 Å². The van der Waals surface area contributed by atoms with Crippen LogP contribution in [0.25, 0.3) is 0 Å². The number of aliphatic carboxylic acids is 1. The highest BCUT2D eigenvalue weighted by atomic mass is 16.4. The zero-order chi connectivity index (χ0) is 13.9. The van der Waals surface area contributed by atoms with Gasteiger partial charge in [0.1, 0.15) is 6.04 Å². The van der Waals surface area contributed by atoms with Crippen molar-refractivity contribution in [2.45, 2.75) is 58.9 Å². The number of carbonyl (C=O) groups is 2. The Kier molecular flexibility index (Phi) is 4.77. The third kappa shape index (κ3) is 3.03. The van der Waals surface area contributed by atoms with Gasteiger partial charge in [-0.05, 0) is 32.1 Å². The lowest BCUT2D eigenvalue weighted by Gasteiger charge is -2.35. The summed E-state index contributed by atoms with van der Waals surface area (Å²) in [4.78, 5) is 25.0. The van der Waals surface area contributed by atoms with Crippen LogP contribution in [0.4, 0.5) is 0 Å². The molecule has 0 aromatic rings. The quantitative estimate of drug-likeness (QED) is 0.821. The first kappa shape index (κ1) is 15.0. The smallest absolute Gasteiger partial charge is 0.326 e. The normalized spacial score (nSPS) is 19.8. The lowest BCUT2D eigenvalue weighted by Crippen LogP contribution is -2.48. The number of carbonyl (C=O) groups excluding carboxylic acids is 1. The molecule has 1 N–H and O–H groups in total. The molecule has 0 saturated heterocycles. The topological polar surface area (TPSA) is 57.6 Å². The molecule has 4 heteroatoms. The molecule has 1 saturated carbocycles. The van der Waals surface area contributed by atoms with Gasteiger partial charge in [-0.1, -0.05) is 26.7 Å². The molecule has 1 rings (SSSR count). The van der Waals surface area contributed by atoms with E-state index in [0.717, 1.165) is 32.1 Å². The fourth-order valence-electron chi connectivity index (χ4n) is 3.05. The van der Waals surface area contributed by atoms with Gasteiger partial charge in [0.15, 0.2) is 0 Å². The maximum absolute atomic E-state index is 12.6. The molecule has 4 nitrogen and oxygen atoms in total. The molecule has 0 spiro atoms. The largest absolute Gasteiger partial charge is 0.480 e. The summed E-state index contributed by atoms with van der Waals surface area (Å²) in [6, 6.07) is -0.748. The summed E-state index contributed by atoms with van der Waals surface area (Å²) in [6.45, 7) is 5.81. The average molecular weight is 255 g/mol. The first-order valence-corrected chi connectivity index (χ1v) is 6.80. The molecule has 0 heterocycles. The Morgan fingerprint density at radius 3 is 2.11 bits per heavy atom. The van der Waals surface area contributed by atoms with Gasteiger partial charge in [0.25, 0.3) is 0 Å². The van der Waals surface area contributed by atoms with Crippen molar-refractivity contribution in [2.24, 2.45) is 11.3 Å². The van der Waals surface area contributed by atoms with Crippen LogP contribution >= 0.6 is 0 Å². The fraction of sp³-hybridized carbons (Fsp3) is 0.857. The van der Waals surface area contributed by atoms with Gasteiger partial charge in [0.05, 0.1) is 0 Å². The Bertz CT molecular complexity index is 319. The zero-order valence-corrected chi connectivity index (χ0v) is 11.9. The highest BCUT2D eigenvalue weighted by Gasteiger charge is 2.44. The lowest BCUT2D eigenvalue weighted by molar-refractivity contribution is -0.153. The predicted molar refractivity (Wildman–Crippen MR) is 70.2 cm³/mol. The highest BCUT2D eigenvalue weighted by molar-refractivity contribution is 5.87. The van der Waals surface area contributed by atoms with Gasteiger partial charge in [0.2, 0.25) is 5.91 Å². The molecule has 0 aliphatic heterocycles. The van der Waals surface area contributed by atoms with E-state index in [1.54, 1.807) is 14.0 Å². The van der Waals surface area contributed by atoms with Crippen molar-refractivity contribution in [3.63, 3.8) is 0 Å². The predicted octanol–water partition coefficient (Wildman–Crippen LogP) is 2.52. The fourth-order valence-corrected chi connectivity index (χ4v) is 3.05. The van der Waals surface area contributed by atoms with E-state index in [1.165, 1.54) is 4.90 Å². The number of rotatable bonds is 5. The van der Waals surface area contributed by atoms with E-state index in [9.17, 15) is 9.59 Å². The standard InChI is InChI=1S/C14H25NO3/c1-10(2)9-14(7-5-6-8-14)13(18)15(4)11(3)12(16)17/h10-11H,5-9H2,1-4H3,(H,16,17). The summed E-state index contributed by atoms with van der Waals surface area (Å²) in [7, 11) is 1.61. The molecule has 1 unspecified atom stereocenters. The SMILES string of the molecule is CC(C)CC1(C(=O)N(C)C(C)C(=O)O)CCCC1. The van der Waals surface area contributed by atoms with Crippen LogP contribution in [0.5, 0.6) is 0 Å². The number of likely N-dealkylation sites (N-methyl/N-ethyl adjacent to an activating group) is 1. The monoisotopic (exact) mass is 255 g/mol. The van der Waals surface area contributed by atoms with Crippen molar-refractivity contribution in [3.8, 4) is 0 Å². The van der Waals surface area contributed by atoms with Crippen molar-refractivity contribution >= 4 is 11.9 Å². The van der Waals surface area contributed by atoms with Gasteiger partial charge in [0, 0.05) is 12.5 Å². The van der Waals surface area contributed by atoms with E-state index in [4.69, 9.17) is 5.11 Å². The number of carboxylic acids is 1. The molecule has 0 aromatic carbocycles. The van der Waals surface area contributed by atoms with Gasteiger partial charge in [-0.15, -0.1) is 0 Å². The Balaban J connectivity index is 2.86. The van der Waals surface area contributed by atoms with E-state index in [2.05, 4.69) is 13.8 Å². The zero-order valence-electron chi connectivity index (χ0n) is 11.9. The second-order valence-corrected chi connectivity index (χ2v) is 6.02. The van der Waals surface area contributed by atoms with Gasteiger partial charge < -0.3 is 10.0 Å². The summed E-state index contributed by atoms with van der Waals surface area (Å²) >= 11 is 0. The van der Waals surface area contributed by atoms with Crippen LogP contribution in [0.1, 0.15) is 52.9 Å². The number of hydrogen-bond acceptors (Lipinski definition) is 2. The van der Waals surface area contributed by atoms with Gasteiger partial charge >= 0.3 is 5.97 Å². The summed E-state index contributed by atoms with van der Waals surface area (Å²) in [5.41, 5.74) is -0.313. The van der Waals surface area contributed by atoms with E-state index < -0.39 is 12.0 Å². The Morgan fingerprint density at radius 2 is 1.72 bits per heavy atom. The molecule has 1 fully saturated rings. The Morgan fingerprint density at radius 1 is 1.22 bits per heavy atom. The van der Waals surface area contributed by atoms with Crippen LogP contribution in [0, 0.1) is 11.3 Å². The number of nitrogens with zero attached hydrogens (tertiary/aromatic N) is 1. The maximum atomic E-state index is 12.6. The van der Waals surface area contributed by atoms with Gasteiger partial charge in [-0.2, -0.15) is 0 Å². The maximum Gasteiger partial charge on any atom is 0.326 e. The minimum absolute atomic E-state index is 0.0172. The third-order valence-electron chi connectivity index (χ3n) is 4.07. The van der Waals surface area contributed by atoms with Crippen LogP contribution in [-0.4, -0.2) is 35.0 Å². The van der Waals surface area contributed by atoms with Crippen molar-refractivity contribution < 1.29 is 14.7 Å². The number of amides is 1. The van der Waals surface area contributed by atoms with Crippen LogP contribution in [0.3, 0.4) is 0 Å². The summed E-state index contributed by atoms with van der Waals surface area (Å²) in [6.07, 6.45) is 4.82. The summed E-state index contributed by atoms with van der Waals surface area (Å²) < 4.78 is 0. The summed E-state index contributed by atoms with van der Waals surface area (Å²) in [5.74, 6) is -0.465. The molecule has 104 valence electrons. The molecule has 1 aliphatic rings. The molecular weight excluding hydrogens is 230 g/mol. The molecule has 1 atom stereocenters. The van der Waals surface area contributed by atoms with Gasteiger partial charge in [-0.25, -0.2) is 4.79 Å². The summed E-state index contributed by atoms with van der Waals surface area (Å²) in [5, 5.41) is 9.02. The second-order valence-electron chi connectivity index (χ2n) is 6.02. The van der Waals surface area contributed by atoms with Crippen LogP contribution in [-0.2, 0) is 9.59 Å². The van der Waals surface area contributed by atoms with Crippen molar-refractivity contribution in [1.82, 2.24) is 4.90 Å². The molecule has 1 amide bonds. The third-order valence-corrected chi connectivity index (χ3v) is 4.07. The highest BCUT2D eigenvalue weighted by Crippen LogP contribution is 2.44. The number of hydrogen-bond donors (Lipinski definition) is 1. The minimum atomic E-state index is -0.941. The first-order valence-electron chi connectivity index (χ1n) is 6.80. The molecule has 0 bridgehead atoms. The molecule has 18 heavy (non-hydrogen) atoms. The molecule has 1 aliphatic carbocycles. The van der Waals surface area contributed by atoms with Crippen molar-refractivity contribution in [3.05, 3.63) is 0 Å².